The molecule has 3 nitrogen and oxygen atoms in total. The maximum Gasteiger partial charge on any atom is 0.457 e. The largest absolute Gasteiger partial charge is 0.457 e. The van der Waals surface area contributed by atoms with E-state index in [4.69, 9.17) is 9.31 Å². The molecule has 21 heavy (non-hydrogen) atoms. The van der Waals surface area contributed by atoms with Gasteiger partial charge in [0.05, 0.1) is 11.2 Å². The van der Waals surface area contributed by atoms with E-state index in [0.29, 0.717) is 0 Å². The highest BCUT2D eigenvalue weighted by atomic mass is 16.7. The summed E-state index contributed by atoms with van der Waals surface area (Å²) in [5.41, 5.74) is 0.174. The zero-order valence-electron chi connectivity index (χ0n) is 13.7. The average Bonchev–Trinajstić information content (AvgIpc) is 2.64. The van der Waals surface area contributed by atoms with E-state index in [-0.39, 0.29) is 30.0 Å². The topological polar surface area (TPSA) is 35.5 Å². The van der Waals surface area contributed by atoms with Gasteiger partial charge >= 0.3 is 7.12 Å². The molecule has 1 fully saturated rings. The van der Waals surface area contributed by atoms with E-state index in [0.717, 1.165) is 18.3 Å². The Hall–Kier alpha value is -1.13. The fourth-order valence-electron chi connectivity index (χ4n) is 2.49. The minimum Gasteiger partial charge on any atom is -0.403 e. The van der Waals surface area contributed by atoms with E-state index in [1.54, 1.807) is 0 Å². The molecule has 4 heteroatoms. The molecule has 0 radical (unpaired) electrons. The van der Waals surface area contributed by atoms with Crippen LogP contribution in [0.3, 0.4) is 0 Å². The molecule has 0 aliphatic carbocycles. The average molecular weight is 288 g/mol. The van der Waals surface area contributed by atoms with Gasteiger partial charge in [-0.1, -0.05) is 37.3 Å². The van der Waals surface area contributed by atoms with Gasteiger partial charge in [-0.05, 0) is 40.4 Å². The first-order valence-corrected chi connectivity index (χ1v) is 7.68. The van der Waals surface area contributed by atoms with Gasteiger partial charge in [0.15, 0.2) is 5.78 Å². The lowest BCUT2D eigenvalue weighted by atomic mass is 9.79. The summed E-state index contributed by atoms with van der Waals surface area (Å²) in [5, 5.41) is 0. The van der Waals surface area contributed by atoms with Crippen LogP contribution in [0.2, 0.25) is 6.32 Å². The molecule has 1 aliphatic rings. The summed E-state index contributed by atoms with van der Waals surface area (Å²) in [7, 11) is -0.221. The Balaban J connectivity index is 1.88. The van der Waals surface area contributed by atoms with Crippen LogP contribution >= 0.6 is 0 Å². The summed E-state index contributed by atoms with van der Waals surface area (Å²) in [4.78, 5) is 12.3. The molecule has 114 valence electrons. The first kappa shape index (κ1) is 16.2. The normalized spacial score (nSPS) is 21.3. The van der Waals surface area contributed by atoms with Crippen molar-refractivity contribution < 1.29 is 14.1 Å². The van der Waals surface area contributed by atoms with Crippen LogP contribution in [0.25, 0.3) is 0 Å². The molecule has 0 saturated carbocycles. The summed E-state index contributed by atoms with van der Waals surface area (Å²) in [6.07, 6.45) is 1.51. The molecule has 1 unspecified atom stereocenters. The standard InChI is InChI=1S/C17H25BO3/c1-13(15(19)14-9-7-6-8-10-14)11-12-18-20-16(2,3)17(4,5)21-18/h6-10,13H,11-12H2,1-5H3. The smallest absolute Gasteiger partial charge is 0.403 e. The molecule has 0 N–H and O–H groups in total. The molecule has 1 aromatic rings. The molecular formula is C17H25BO3. The summed E-state index contributed by atoms with van der Waals surface area (Å²) >= 11 is 0. The van der Waals surface area contributed by atoms with Crippen molar-refractivity contribution in [3.63, 3.8) is 0 Å². The number of Topliss-reactive ketones (excluding diaryl/α,β-unsaturated/α-hetero) is 1. The van der Waals surface area contributed by atoms with Crippen LogP contribution in [0.1, 0.15) is 51.4 Å². The number of benzene rings is 1. The molecule has 0 amide bonds. The van der Waals surface area contributed by atoms with Crippen molar-refractivity contribution >= 4 is 12.9 Å². The van der Waals surface area contributed by atoms with E-state index >= 15 is 0 Å². The summed E-state index contributed by atoms with van der Waals surface area (Å²) < 4.78 is 11.9. The lowest BCUT2D eigenvalue weighted by molar-refractivity contribution is 0.00578. The van der Waals surface area contributed by atoms with Gasteiger partial charge in [0.25, 0.3) is 0 Å². The van der Waals surface area contributed by atoms with Gasteiger partial charge in [-0.2, -0.15) is 0 Å². The Labute approximate surface area is 128 Å². The second kappa shape index (κ2) is 5.94. The number of carbonyl (C=O) groups is 1. The zero-order valence-corrected chi connectivity index (χ0v) is 13.7. The van der Waals surface area contributed by atoms with Crippen LogP contribution in [0.5, 0.6) is 0 Å². The SMILES string of the molecule is CC(CCB1OC(C)(C)C(C)(C)O1)C(=O)c1ccccc1. The molecule has 0 bridgehead atoms. The Bertz CT molecular complexity index is 480. The molecule has 1 aliphatic heterocycles. The number of carbonyl (C=O) groups excluding carboxylic acids is 1. The number of rotatable bonds is 5. The molecule has 1 saturated heterocycles. The molecule has 1 aromatic carbocycles. The van der Waals surface area contributed by atoms with Crippen molar-refractivity contribution in [2.24, 2.45) is 5.92 Å². The van der Waals surface area contributed by atoms with E-state index in [2.05, 4.69) is 0 Å². The second-order valence-corrected chi connectivity index (χ2v) is 6.89. The predicted molar refractivity (Wildman–Crippen MR) is 85.4 cm³/mol. The quantitative estimate of drug-likeness (QED) is 0.607. The zero-order chi connectivity index (χ0) is 15.7. The lowest BCUT2D eigenvalue weighted by Crippen LogP contribution is -2.41. The van der Waals surface area contributed by atoms with Crippen molar-refractivity contribution in [2.75, 3.05) is 0 Å². The molecular weight excluding hydrogens is 263 g/mol. The van der Waals surface area contributed by atoms with Gasteiger partial charge in [0, 0.05) is 11.5 Å². The van der Waals surface area contributed by atoms with Crippen molar-refractivity contribution in [3.05, 3.63) is 35.9 Å². The van der Waals surface area contributed by atoms with Gasteiger partial charge in [-0.3, -0.25) is 4.79 Å². The maximum atomic E-state index is 12.3. The van der Waals surface area contributed by atoms with Gasteiger partial charge in [0.1, 0.15) is 0 Å². The predicted octanol–water partition coefficient (Wildman–Crippen LogP) is 3.99. The fourth-order valence-corrected chi connectivity index (χ4v) is 2.49. The Morgan fingerprint density at radius 2 is 1.62 bits per heavy atom. The van der Waals surface area contributed by atoms with Crippen molar-refractivity contribution in [2.45, 2.75) is 58.6 Å². The van der Waals surface area contributed by atoms with Gasteiger partial charge in [-0.15, -0.1) is 0 Å². The van der Waals surface area contributed by atoms with Crippen LogP contribution < -0.4 is 0 Å². The first-order valence-electron chi connectivity index (χ1n) is 7.68. The molecule has 0 aromatic heterocycles. The number of hydrogen-bond acceptors (Lipinski definition) is 3. The van der Waals surface area contributed by atoms with Crippen LogP contribution in [0.15, 0.2) is 30.3 Å². The van der Waals surface area contributed by atoms with Gasteiger partial charge in [-0.25, -0.2) is 0 Å². The fraction of sp³-hybridized carbons (Fsp3) is 0.588. The summed E-state index contributed by atoms with van der Waals surface area (Å²) in [6.45, 7) is 10.2. The van der Waals surface area contributed by atoms with Crippen LogP contribution in [-0.2, 0) is 9.31 Å². The highest BCUT2D eigenvalue weighted by Crippen LogP contribution is 2.38. The van der Waals surface area contributed by atoms with E-state index in [9.17, 15) is 4.79 Å². The van der Waals surface area contributed by atoms with Gasteiger partial charge in [0.2, 0.25) is 0 Å². The van der Waals surface area contributed by atoms with Crippen molar-refractivity contribution in [3.8, 4) is 0 Å². The van der Waals surface area contributed by atoms with Crippen molar-refractivity contribution in [1.82, 2.24) is 0 Å². The van der Waals surface area contributed by atoms with Crippen LogP contribution in [0.4, 0.5) is 0 Å². The number of hydrogen-bond donors (Lipinski definition) is 0. The summed E-state index contributed by atoms with van der Waals surface area (Å²) in [6, 6.07) is 9.45. The van der Waals surface area contributed by atoms with Gasteiger partial charge < -0.3 is 9.31 Å². The Morgan fingerprint density at radius 1 is 1.10 bits per heavy atom. The van der Waals surface area contributed by atoms with E-state index in [1.807, 2.05) is 65.0 Å². The Morgan fingerprint density at radius 3 is 2.14 bits per heavy atom. The maximum absolute atomic E-state index is 12.3. The van der Waals surface area contributed by atoms with E-state index < -0.39 is 0 Å². The third kappa shape index (κ3) is 3.56. The van der Waals surface area contributed by atoms with Crippen molar-refractivity contribution in [1.29, 1.82) is 0 Å². The third-order valence-corrected chi connectivity index (χ3v) is 4.64. The Kier molecular flexibility index (Phi) is 4.59. The number of ketones is 1. The minimum absolute atomic E-state index is 0.0218. The molecule has 2 rings (SSSR count). The minimum atomic E-state index is -0.301. The molecule has 1 heterocycles. The van der Waals surface area contributed by atoms with E-state index in [1.165, 1.54) is 0 Å². The third-order valence-electron chi connectivity index (χ3n) is 4.64. The second-order valence-electron chi connectivity index (χ2n) is 6.89. The lowest BCUT2D eigenvalue weighted by Gasteiger charge is -2.32. The van der Waals surface area contributed by atoms with Crippen LogP contribution in [0, 0.1) is 5.92 Å². The highest BCUT2D eigenvalue weighted by molar-refractivity contribution is 6.45. The first-order chi connectivity index (χ1) is 9.73. The molecule has 0 spiro atoms. The van der Waals surface area contributed by atoms with Crippen LogP contribution in [-0.4, -0.2) is 24.1 Å². The monoisotopic (exact) mass is 288 g/mol. The molecule has 1 atom stereocenters. The highest BCUT2D eigenvalue weighted by Gasteiger charge is 2.50. The summed E-state index contributed by atoms with van der Waals surface area (Å²) in [5.74, 6) is 0.165.